The van der Waals surface area contributed by atoms with E-state index in [0.29, 0.717) is 5.02 Å². The Morgan fingerprint density at radius 3 is 2.83 bits per heavy atom. The number of likely N-dealkylation sites (N-methyl/N-ethyl adjacent to an activating group) is 1. The van der Waals surface area contributed by atoms with Crippen molar-refractivity contribution in [1.82, 2.24) is 5.32 Å². The molecule has 0 radical (unpaired) electrons. The SMILES string of the molecule is CNC(c1cc(F)ccc1Cl)C1(C)CCCCO1. The van der Waals surface area contributed by atoms with Crippen molar-refractivity contribution in [2.24, 2.45) is 0 Å². The zero-order valence-electron chi connectivity index (χ0n) is 10.8. The fraction of sp³-hybridized carbons (Fsp3) is 0.571. The Morgan fingerprint density at radius 2 is 2.22 bits per heavy atom. The molecule has 1 aromatic rings. The van der Waals surface area contributed by atoms with Gasteiger partial charge in [0.05, 0.1) is 11.6 Å². The minimum Gasteiger partial charge on any atom is -0.373 e. The fourth-order valence-corrected chi connectivity index (χ4v) is 2.94. The van der Waals surface area contributed by atoms with Crippen LogP contribution in [0.1, 0.15) is 37.8 Å². The average molecular weight is 272 g/mol. The Bertz CT molecular complexity index is 418. The van der Waals surface area contributed by atoms with E-state index in [1.54, 1.807) is 6.07 Å². The zero-order valence-corrected chi connectivity index (χ0v) is 11.6. The summed E-state index contributed by atoms with van der Waals surface area (Å²) in [6.45, 7) is 2.82. The first kappa shape index (κ1) is 13.8. The van der Waals surface area contributed by atoms with Crippen LogP contribution >= 0.6 is 11.6 Å². The fourth-order valence-electron chi connectivity index (χ4n) is 2.71. The van der Waals surface area contributed by atoms with Gasteiger partial charge in [-0.15, -0.1) is 0 Å². The van der Waals surface area contributed by atoms with E-state index in [2.05, 4.69) is 12.2 Å². The lowest BCUT2D eigenvalue weighted by Crippen LogP contribution is -2.45. The maximum Gasteiger partial charge on any atom is 0.123 e. The van der Waals surface area contributed by atoms with E-state index in [9.17, 15) is 4.39 Å². The number of halogens is 2. The van der Waals surface area contributed by atoms with Gasteiger partial charge < -0.3 is 10.1 Å². The lowest BCUT2D eigenvalue weighted by atomic mass is 9.84. The van der Waals surface area contributed by atoms with Crippen LogP contribution in [0.4, 0.5) is 4.39 Å². The molecule has 1 fully saturated rings. The third kappa shape index (κ3) is 2.68. The van der Waals surface area contributed by atoms with Gasteiger partial charge in [0, 0.05) is 11.6 Å². The van der Waals surface area contributed by atoms with Crippen LogP contribution in [0, 0.1) is 5.82 Å². The highest BCUT2D eigenvalue weighted by Crippen LogP contribution is 2.38. The van der Waals surface area contributed by atoms with Crippen LogP contribution < -0.4 is 5.32 Å². The van der Waals surface area contributed by atoms with E-state index in [1.807, 2.05) is 7.05 Å². The summed E-state index contributed by atoms with van der Waals surface area (Å²) in [7, 11) is 1.86. The molecule has 1 N–H and O–H groups in total. The van der Waals surface area contributed by atoms with Crippen LogP contribution in [0.15, 0.2) is 18.2 Å². The molecule has 2 unspecified atom stereocenters. The second-order valence-electron chi connectivity index (χ2n) is 5.01. The van der Waals surface area contributed by atoms with Crippen LogP contribution in [-0.2, 0) is 4.74 Å². The molecule has 0 saturated carbocycles. The third-order valence-electron chi connectivity index (χ3n) is 3.67. The van der Waals surface area contributed by atoms with E-state index in [1.165, 1.54) is 12.1 Å². The molecule has 2 nitrogen and oxygen atoms in total. The number of ether oxygens (including phenoxy) is 1. The summed E-state index contributed by atoms with van der Waals surface area (Å²) < 4.78 is 19.3. The van der Waals surface area contributed by atoms with Crippen molar-refractivity contribution in [1.29, 1.82) is 0 Å². The molecule has 4 heteroatoms. The molecule has 0 spiro atoms. The molecule has 2 atom stereocenters. The van der Waals surface area contributed by atoms with Gasteiger partial charge in [-0.2, -0.15) is 0 Å². The van der Waals surface area contributed by atoms with Crippen molar-refractivity contribution in [2.45, 2.75) is 37.8 Å². The summed E-state index contributed by atoms with van der Waals surface area (Å²) in [4.78, 5) is 0. The Balaban J connectivity index is 2.35. The molecule has 1 aromatic carbocycles. The minimum atomic E-state index is -0.329. The Hall–Kier alpha value is -0.640. The standard InChI is InChI=1S/C14H19ClFNO/c1-14(7-3-4-8-18-14)13(17-2)11-9-10(16)5-6-12(11)15/h5-6,9,13,17H,3-4,7-8H2,1-2H3. The van der Waals surface area contributed by atoms with E-state index in [-0.39, 0.29) is 17.5 Å². The molecule has 2 rings (SSSR count). The van der Waals surface area contributed by atoms with E-state index < -0.39 is 0 Å². The summed E-state index contributed by atoms with van der Waals surface area (Å²) >= 11 is 6.19. The highest BCUT2D eigenvalue weighted by Gasteiger charge is 2.38. The normalized spacial score (nSPS) is 26.0. The number of nitrogens with one attached hydrogen (secondary N) is 1. The molecule has 0 aliphatic carbocycles. The van der Waals surface area contributed by atoms with Gasteiger partial charge in [-0.05, 0) is 57.0 Å². The second-order valence-corrected chi connectivity index (χ2v) is 5.41. The first-order chi connectivity index (χ1) is 8.57. The van der Waals surface area contributed by atoms with Crippen molar-refractivity contribution in [2.75, 3.05) is 13.7 Å². The minimum absolute atomic E-state index is 0.0963. The van der Waals surface area contributed by atoms with E-state index in [0.717, 1.165) is 31.4 Å². The molecule has 1 saturated heterocycles. The summed E-state index contributed by atoms with van der Waals surface area (Å²) in [5, 5.41) is 3.80. The summed E-state index contributed by atoms with van der Waals surface area (Å²) in [6, 6.07) is 4.37. The van der Waals surface area contributed by atoms with Gasteiger partial charge in [0.1, 0.15) is 5.82 Å². The third-order valence-corrected chi connectivity index (χ3v) is 4.01. The second kappa shape index (κ2) is 5.55. The number of rotatable bonds is 3. The van der Waals surface area contributed by atoms with Crippen LogP contribution in [0.3, 0.4) is 0 Å². The first-order valence-corrected chi connectivity index (χ1v) is 6.71. The van der Waals surface area contributed by atoms with Gasteiger partial charge >= 0.3 is 0 Å². The van der Waals surface area contributed by atoms with Crippen LogP contribution in [0.2, 0.25) is 5.02 Å². The Kier molecular flexibility index (Phi) is 4.25. The van der Waals surface area contributed by atoms with Crippen molar-refractivity contribution in [3.05, 3.63) is 34.6 Å². The first-order valence-electron chi connectivity index (χ1n) is 6.33. The smallest absolute Gasteiger partial charge is 0.123 e. The average Bonchev–Trinajstić information content (AvgIpc) is 2.35. The topological polar surface area (TPSA) is 21.3 Å². The van der Waals surface area contributed by atoms with Crippen molar-refractivity contribution in [3.8, 4) is 0 Å². The van der Waals surface area contributed by atoms with Gasteiger partial charge in [0.2, 0.25) is 0 Å². The van der Waals surface area contributed by atoms with Crippen molar-refractivity contribution >= 4 is 11.6 Å². The highest BCUT2D eigenvalue weighted by molar-refractivity contribution is 6.31. The van der Waals surface area contributed by atoms with Gasteiger partial charge in [-0.3, -0.25) is 0 Å². The molecule has 0 bridgehead atoms. The Morgan fingerprint density at radius 1 is 1.44 bits per heavy atom. The van der Waals surface area contributed by atoms with Gasteiger partial charge in [-0.1, -0.05) is 11.6 Å². The van der Waals surface area contributed by atoms with Crippen LogP contribution in [-0.4, -0.2) is 19.3 Å². The maximum absolute atomic E-state index is 13.4. The zero-order chi connectivity index (χ0) is 13.2. The molecule has 100 valence electrons. The molecular formula is C14H19ClFNO. The Labute approximate surface area is 112 Å². The molecule has 18 heavy (non-hydrogen) atoms. The number of hydrogen-bond acceptors (Lipinski definition) is 2. The predicted molar refractivity (Wildman–Crippen MR) is 71.4 cm³/mol. The van der Waals surface area contributed by atoms with Gasteiger partial charge in [-0.25, -0.2) is 4.39 Å². The molecular weight excluding hydrogens is 253 g/mol. The van der Waals surface area contributed by atoms with Crippen LogP contribution in [0.25, 0.3) is 0 Å². The van der Waals surface area contributed by atoms with Gasteiger partial charge in [0.25, 0.3) is 0 Å². The largest absolute Gasteiger partial charge is 0.373 e. The number of benzene rings is 1. The molecule has 1 heterocycles. The molecule has 1 aliphatic rings. The monoisotopic (exact) mass is 271 g/mol. The lowest BCUT2D eigenvalue weighted by molar-refractivity contribution is -0.0884. The number of hydrogen-bond donors (Lipinski definition) is 1. The molecule has 0 aromatic heterocycles. The summed E-state index contributed by atoms with van der Waals surface area (Å²) in [5.41, 5.74) is 0.438. The molecule has 0 amide bonds. The lowest BCUT2D eigenvalue weighted by Gasteiger charge is -2.41. The van der Waals surface area contributed by atoms with E-state index >= 15 is 0 Å². The highest BCUT2D eigenvalue weighted by atomic mass is 35.5. The molecule has 1 aliphatic heterocycles. The summed E-state index contributed by atoms with van der Waals surface area (Å²) in [6.07, 6.45) is 3.16. The van der Waals surface area contributed by atoms with E-state index in [4.69, 9.17) is 16.3 Å². The van der Waals surface area contributed by atoms with Gasteiger partial charge in [0.15, 0.2) is 0 Å². The predicted octanol–water partition coefficient (Wildman–Crippen LogP) is 3.70. The quantitative estimate of drug-likeness (QED) is 0.905. The summed E-state index contributed by atoms with van der Waals surface area (Å²) in [5.74, 6) is -0.269. The van der Waals surface area contributed by atoms with Crippen LogP contribution in [0.5, 0.6) is 0 Å². The maximum atomic E-state index is 13.4. The van der Waals surface area contributed by atoms with Crippen molar-refractivity contribution in [3.63, 3.8) is 0 Å². The van der Waals surface area contributed by atoms with Crippen molar-refractivity contribution < 1.29 is 9.13 Å².